The van der Waals surface area contributed by atoms with E-state index in [9.17, 15) is 4.79 Å². The van der Waals surface area contributed by atoms with Crippen LogP contribution in [0.2, 0.25) is 0 Å². The van der Waals surface area contributed by atoms with Crippen molar-refractivity contribution in [3.05, 3.63) is 59.9 Å². The molecule has 0 fully saturated rings. The van der Waals surface area contributed by atoms with Gasteiger partial charge in [0, 0.05) is 31.4 Å². The lowest BCUT2D eigenvalue weighted by atomic mass is 10.2. The average molecular weight is 286 g/mol. The highest BCUT2D eigenvalue weighted by atomic mass is 16.5. The third-order valence-electron chi connectivity index (χ3n) is 2.75. The Hall–Kier alpha value is -2.36. The van der Waals surface area contributed by atoms with Crippen molar-refractivity contribution in [1.29, 1.82) is 0 Å². The first kappa shape index (κ1) is 16.7. The molecule has 0 unspecified atom stereocenters. The molecule has 1 aromatic carbocycles. The summed E-state index contributed by atoms with van der Waals surface area (Å²) in [6, 6.07) is 11.0. The van der Waals surface area contributed by atoms with Gasteiger partial charge in [-0.05, 0) is 42.0 Å². The Morgan fingerprint density at radius 2 is 1.71 bits per heavy atom. The molecule has 1 heterocycles. The first-order valence-electron chi connectivity index (χ1n) is 7.13. The van der Waals surface area contributed by atoms with E-state index in [0.29, 0.717) is 12.2 Å². The fraction of sp³-hybridized carbons (Fsp3) is 0.294. The zero-order chi connectivity index (χ0) is 15.5. The highest BCUT2D eigenvalue weighted by Gasteiger charge is 2.02. The minimum Gasteiger partial charge on any atom is -0.493 e. The lowest BCUT2D eigenvalue weighted by Gasteiger charge is -2.07. The summed E-state index contributed by atoms with van der Waals surface area (Å²) in [7, 11) is 1.61. The van der Waals surface area contributed by atoms with Gasteiger partial charge in [-0.15, -0.1) is 0 Å². The molecule has 0 atom stereocenters. The molecule has 0 aliphatic carbocycles. The summed E-state index contributed by atoms with van der Waals surface area (Å²) in [5.41, 5.74) is 1.82. The third kappa shape index (κ3) is 5.65. The van der Waals surface area contributed by atoms with Gasteiger partial charge in [0.25, 0.3) is 5.91 Å². The Bertz CT molecular complexity index is 524. The largest absolute Gasteiger partial charge is 0.493 e. The SMILES string of the molecule is CC.CNC(=O)c1ccc(OCCc2ccncc2)cc1. The van der Waals surface area contributed by atoms with Crippen molar-refractivity contribution in [2.45, 2.75) is 20.3 Å². The quantitative estimate of drug-likeness (QED) is 0.919. The molecule has 2 aromatic rings. The maximum Gasteiger partial charge on any atom is 0.251 e. The van der Waals surface area contributed by atoms with Crippen molar-refractivity contribution in [1.82, 2.24) is 10.3 Å². The van der Waals surface area contributed by atoms with Crippen LogP contribution in [0, 0.1) is 0 Å². The molecule has 21 heavy (non-hydrogen) atoms. The summed E-state index contributed by atoms with van der Waals surface area (Å²) < 4.78 is 5.63. The van der Waals surface area contributed by atoms with Gasteiger partial charge in [-0.25, -0.2) is 0 Å². The molecule has 0 aliphatic rings. The number of nitrogens with zero attached hydrogens (tertiary/aromatic N) is 1. The number of hydrogen-bond acceptors (Lipinski definition) is 3. The summed E-state index contributed by atoms with van der Waals surface area (Å²) in [6.07, 6.45) is 4.38. The van der Waals surface area contributed by atoms with Crippen molar-refractivity contribution < 1.29 is 9.53 Å². The van der Waals surface area contributed by atoms with E-state index in [-0.39, 0.29) is 5.91 Å². The predicted octanol–water partition coefficient (Wildman–Crippen LogP) is 3.09. The minimum absolute atomic E-state index is 0.0941. The molecule has 0 radical (unpaired) electrons. The van der Waals surface area contributed by atoms with E-state index in [4.69, 9.17) is 4.74 Å². The summed E-state index contributed by atoms with van der Waals surface area (Å²) >= 11 is 0. The molecule has 0 spiro atoms. The Morgan fingerprint density at radius 1 is 1.10 bits per heavy atom. The first-order chi connectivity index (χ1) is 10.3. The minimum atomic E-state index is -0.0941. The third-order valence-corrected chi connectivity index (χ3v) is 2.75. The zero-order valence-electron chi connectivity index (χ0n) is 12.8. The number of rotatable bonds is 5. The van der Waals surface area contributed by atoms with Crippen molar-refractivity contribution in [2.75, 3.05) is 13.7 Å². The number of carbonyl (C=O) groups is 1. The fourth-order valence-corrected chi connectivity index (χ4v) is 1.68. The number of ether oxygens (including phenoxy) is 1. The van der Waals surface area contributed by atoms with E-state index >= 15 is 0 Å². The summed E-state index contributed by atoms with van der Waals surface area (Å²) in [5.74, 6) is 0.671. The second kappa shape index (κ2) is 9.53. The Balaban J connectivity index is 0.00000106. The average Bonchev–Trinajstić information content (AvgIpc) is 2.57. The van der Waals surface area contributed by atoms with Gasteiger partial charge in [0.1, 0.15) is 5.75 Å². The number of nitrogens with one attached hydrogen (secondary N) is 1. The van der Waals surface area contributed by atoms with E-state index in [1.54, 1.807) is 43.7 Å². The molecule has 0 saturated carbocycles. The molecule has 0 bridgehead atoms. The van der Waals surface area contributed by atoms with Crippen LogP contribution in [-0.4, -0.2) is 24.5 Å². The van der Waals surface area contributed by atoms with Crippen molar-refractivity contribution >= 4 is 5.91 Å². The van der Waals surface area contributed by atoms with Crippen LogP contribution in [0.15, 0.2) is 48.8 Å². The standard InChI is InChI=1S/C15H16N2O2.C2H6/c1-16-15(18)13-2-4-14(5-3-13)19-11-8-12-6-9-17-10-7-12;1-2/h2-7,9-10H,8,11H2,1H3,(H,16,18);1-2H3. The Morgan fingerprint density at radius 3 is 2.29 bits per heavy atom. The predicted molar refractivity (Wildman–Crippen MR) is 84.6 cm³/mol. The molecule has 4 nitrogen and oxygen atoms in total. The highest BCUT2D eigenvalue weighted by Crippen LogP contribution is 2.12. The van der Waals surface area contributed by atoms with Crippen LogP contribution in [0.4, 0.5) is 0 Å². The van der Waals surface area contributed by atoms with E-state index in [0.717, 1.165) is 12.2 Å². The van der Waals surface area contributed by atoms with Crippen molar-refractivity contribution in [2.24, 2.45) is 0 Å². The van der Waals surface area contributed by atoms with Crippen LogP contribution in [0.1, 0.15) is 29.8 Å². The van der Waals surface area contributed by atoms with Gasteiger partial charge in [0.15, 0.2) is 0 Å². The molecule has 0 saturated heterocycles. The lowest BCUT2D eigenvalue weighted by Crippen LogP contribution is -2.17. The van der Waals surface area contributed by atoms with Gasteiger partial charge in [0.05, 0.1) is 6.61 Å². The molecule has 1 N–H and O–H groups in total. The van der Waals surface area contributed by atoms with E-state index in [1.807, 2.05) is 26.0 Å². The Kier molecular flexibility index (Phi) is 7.58. The van der Waals surface area contributed by atoms with E-state index < -0.39 is 0 Å². The summed E-state index contributed by atoms with van der Waals surface area (Å²) in [4.78, 5) is 15.3. The topological polar surface area (TPSA) is 51.2 Å². The number of benzene rings is 1. The van der Waals surface area contributed by atoms with Crippen LogP contribution >= 0.6 is 0 Å². The second-order valence-corrected chi connectivity index (χ2v) is 4.06. The number of aromatic nitrogens is 1. The smallest absolute Gasteiger partial charge is 0.251 e. The first-order valence-corrected chi connectivity index (χ1v) is 7.13. The molecule has 2 rings (SSSR count). The van der Waals surface area contributed by atoms with Crippen LogP contribution < -0.4 is 10.1 Å². The maximum atomic E-state index is 11.4. The van der Waals surface area contributed by atoms with Crippen LogP contribution in [0.5, 0.6) is 5.75 Å². The Labute approximate surface area is 126 Å². The molecular formula is C17H22N2O2. The molecule has 112 valence electrons. The summed E-state index contributed by atoms with van der Waals surface area (Å²) in [6.45, 7) is 4.60. The zero-order valence-corrected chi connectivity index (χ0v) is 12.8. The van der Waals surface area contributed by atoms with Crippen molar-refractivity contribution in [3.8, 4) is 5.75 Å². The monoisotopic (exact) mass is 286 g/mol. The van der Waals surface area contributed by atoms with E-state index in [1.165, 1.54) is 5.56 Å². The number of carbonyl (C=O) groups excluding carboxylic acids is 1. The van der Waals surface area contributed by atoms with Gasteiger partial charge in [-0.3, -0.25) is 9.78 Å². The van der Waals surface area contributed by atoms with Crippen molar-refractivity contribution in [3.63, 3.8) is 0 Å². The molecular weight excluding hydrogens is 264 g/mol. The van der Waals surface area contributed by atoms with Crippen LogP contribution in [-0.2, 0) is 6.42 Å². The number of hydrogen-bond donors (Lipinski definition) is 1. The van der Waals surface area contributed by atoms with E-state index in [2.05, 4.69) is 10.3 Å². The van der Waals surface area contributed by atoms with Gasteiger partial charge in [-0.2, -0.15) is 0 Å². The molecule has 0 aliphatic heterocycles. The van der Waals surface area contributed by atoms with Gasteiger partial charge < -0.3 is 10.1 Å². The molecule has 1 aromatic heterocycles. The van der Waals surface area contributed by atoms with Gasteiger partial charge in [0.2, 0.25) is 0 Å². The van der Waals surface area contributed by atoms with Gasteiger partial charge in [-0.1, -0.05) is 13.8 Å². The van der Waals surface area contributed by atoms with Crippen LogP contribution in [0.25, 0.3) is 0 Å². The maximum absolute atomic E-state index is 11.4. The highest BCUT2D eigenvalue weighted by molar-refractivity contribution is 5.94. The summed E-state index contributed by atoms with van der Waals surface area (Å²) in [5, 5.41) is 2.58. The van der Waals surface area contributed by atoms with Crippen LogP contribution in [0.3, 0.4) is 0 Å². The number of pyridine rings is 1. The second-order valence-electron chi connectivity index (χ2n) is 4.06. The van der Waals surface area contributed by atoms with Gasteiger partial charge >= 0.3 is 0 Å². The lowest BCUT2D eigenvalue weighted by molar-refractivity contribution is 0.0963. The number of amides is 1. The molecule has 1 amide bonds. The normalized spacial score (nSPS) is 9.29. The fourth-order valence-electron chi connectivity index (χ4n) is 1.68. The molecule has 4 heteroatoms.